The molecule has 0 aliphatic heterocycles. The van der Waals surface area contributed by atoms with Crippen LogP contribution in [-0.2, 0) is 6.54 Å². The van der Waals surface area contributed by atoms with Crippen LogP contribution in [-0.4, -0.2) is 24.9 Å². The van der Waals surface area contributed by atoms with Gasteiger partial charge in [0.15, 0.2) is 0 Å². The van der Waals surface area contributed by atoms with Crippen LogP contribution in [0.4, 0.5) is 0 Å². The van der Waals surface area contributed by atoms with Gasteiger partial charge in [-0.3, -0.25) is 0 Å². The average Bonchev–Trinajstić information content (AvgIpc) is 2.49. The van der Waals surface area contributed by atoms with Crippen molar-refractivity contribution in [2.24, 2.45) is 0 Å². The van der Waals surface area contributed by atoms with Gasteiger partial charge in [-0.25, -0.2) is 0 Å². The summed E-state index contributed by atoms with van der Waals surface area (Å²) < 4.78 is 5.33. The standard InChI is InChI=1S/C17H29NO2/c1-2-3-4-5-6-7-12-18-15-16-8-10-17(11-9-16)20-14-13-19/h8-11,18-19H,2-7,12-15H2,1H3. The van der Waals surface area contributed by atoms with Crippen molar-refractivity contribution in [2.45, 2.75) is 52.0 Å². The fourth-order valence-electron chi connectivity index (χ4n) is 2.13. The van der Waals surface area contributed by atoms with Crippen LogP contribution in [0.15, 0.2) is 24.3 Å². The van der Waals surface area contributed by atoms with Crippen molar-refractivity contribution in [1.29, 1.82) is 0 Å². The van der Waals surface area contributed by atoms with Crippen LogP contribution < -0.4 is 10.1 Å². The minimum atomic E-state index is 0.0571. The zero-order chi connectivity index (χ0) is 14.5. The van der Waals surface area contributed by atoms with E-state index in [9.17, 15) is 0 Å². The number of unbranched alkanes of at least 4 members (excludes halogenated alkanes) is 5. The molecule has 2 N–H and O–H groups in total. The van der Waals surface area contributed by atoms with Crippen LogP contribution in [0.5, 0.6) is 5.75 Å². The number of rotatable bonds is 12. The zero-order valence-electron chi connectivity index (χ0n) is 12.7. The molecule has 0 aliphatic carbocycles. The minimum Gasteiger partial charge on any atom is -0.491 e. The summed E-state index contributed by atoms with van der Waals surface area (Å²) >= 11 is 0. The Morgan fingerprint density at radius 2 is 1.70 bits per heavy atom. The van der Waals surface area contributed by atoms with Crippen LogP contribution >= 0.6 is 0 Å². The van der Waals surface area contributed by atoms with Gasteiger partial charge in [-0.1, -0.05) is 51.2 Å². The molecule has 114 valence electrons. The van der Waals surface area contributed by atoms with Crippen molar-refractivity contribution in [3.8, 4) is 5.75 Å². The van der Waals surface area contributed by atoms with Crippen LogP contribution in [0.3, 0.4) is 0 Å². The van der Waals surface area contributed by atoms with Crippen LogP contribution in [0.25, 0.3) is 0 Å². The second kappa shape index (κ2) is 11.7. The predicted molar refractivity (Wildman–Crippen MR) is 84.1 cm³/mol. The highest BCUT2D eigenvalue weighted by atomic mass is 16.5. The largest absolute Gasteiger partial charge is 0.491 e. The highest BCUT2D eigenvalue weighted by Gasteiger charge is 1.96. The summed E-state index contributed by atoms with van der Waals surface area (Å²) in [4.78, 5) is 0. The smallest absolute Gasteiger partial charge is 0.119 e. The van der Waals surface area contributed by atoms with Crippen molar-refractivity contribution >= 4 is 0 Å². The maximum absolute atomic E-state index is 8.68. The highest BCUT2D eigenvalue weighted by Crippen LogP contribution is 2.12. The van der Waals surface area contributed by atoms with Crippen molar-refractivity contribution < 1.29 is 9.84 Å². The van der Waals surface area contributed by atoms with Crippen molar-refractivity contribution in [3.05, 3.63) is 29.8 Å². The van der Waals surface area contributed by atoms with E-state index in [1.165, 1.54) is 44.1 Å². The Bertz CT molecular complexity index is 324. The summed E-state index contributed by atoms with van der Waals surface area (Å²) in [5.41, 5.74) is 1.27. The lowest BCUT2D eigenvalue weighted by molar-refractivity contribution is 0.201. The zero-order valence-corrected chi connectivity index (χ0v) is 12.7. The molecule has 0 unspecified atom stereocenters. The number of ether oxygens (including phenoxy) is 1. The van der Waals surface area contributed by atoms with E-state index in [4.69, 9.17) is 9.84 Å². The second-order valence-corrected chi connectivity index (χ2v) is 5.16. The topological polar surface area (TPSA) is 41.5 Å². The van der Waals surface area contributed by atoms with E-state index in [1.54, 1.807) is 0 Å². The summed E-state index contributed by atoms with van der Waals surface area (Å²) in [5, 5.41) is 12.2. The minimum absolute atomic E-state index is 0.0571. The van der Waals surface area contributed by atoms with Gasteiger partial charge in [-0.2, -0.15) is 0 Å². The van der Waals surface area contributed by atoms with E-state index in [0.29, 0.717) is 6.61 Å². The molecule has 1 aromatic rings. The molecule has 0 fully saturated rings. The van der Waals surface area contributed by atoms with E-state index < -0.39 is 0 Å². The van der Waals surface area contributed by atoms with Crippen molar-refractivity contribution in [2.75, 3.05) is 19.8 Å². The molecule has 0 aromatic heterocycles. The molecule has 20 heavy (non-hydrogen) atoms. The normalized spacial score (nSPS) is 10.7. The summed E-state index contributed by atoms with van der Waals surface area (Å²) in [6.45, 7) is 4.67. The van der Waals surface area contributed by atoms with E-state index in [0.717, 1.165) is 18.8 Å². The van der Waals surface area contributed by atoms with E-state index >= 15 is 0 Å². The molecular formula is C17H29NO2. The van der Waals surface area contributed by atoms with E-state index in [2.05, 4.69) is 24.4 Å². The first kappa shape index (κ1) is 17.0. The van der Waals surface area contributed by atoms with Crippen LogP contribution in [0, 0.1) is 0 Å². The molecule has 0 heterocycles. The van der Waals surface area contributed by atoms with Gasteiger partial charge in [-0.15, -0.1) is 0 Å². The third-order valence-corrected chi connectivity index (χ3v) is 3.32. The number of benzene rings is 1. The monoisotopic (exact) mass is 279 g/mol. The average molecular weight is 279 g/mol. The lowest BCUT2D eigenvalue weighted by Gasteiger charge is -2.07. The Morgan fingerprint density at radius 3 is 2.40 bits per heavy atom. The Labute approximate surface area is 123 Å². The number of aliphatic hydroxyl groups is 1. The molecule has 3 nitrogen and oxygen atoms in total. The molecule has 0 spiro atoms. The van der Waals surface area contributed by atoms with Gasteiger partial charge in [-0.05, 0) is 30.7 Å². The molecule has 0 bridgehead atoms. The number of hydrogen-bond acceptors (Lipinski definition) is 3. The predicted octanol–water partition coefficient (Wildman–Crippen LogP) is 3.51. The molecule has 0 amide bonds. The van der Waals surface area contributed by atoms with Crippen LogP contribution in [0.1, 0.15) is 51.0 Å². The third-order valence-electron chi connectivity index (χ3n) is 3.32. The van der Waals surface area contributed by atoms with Crippen LogP contribution in [0.2, 0.25) is 0 Å². The molecule has 3 heteroatoms. The number of aliphatic hydroxyl groups excluding tert-OH is 1. The van der Waals surface area contributed by atoms with Gasteiger partial charge >= 0.3 is 0 Å². The van der Waals surface area contributed by atoms with Crippen molar-refractivity contribution in [1.82, 2.24) is 5.32 Å². The molecule has 0 saturated heterocycles. The van der Waals surface area contributed by atoms with Gasteiger partial charge in [0.25, 0.3) is 0 Å². The fraction of sp³-hybridized carbons (Fsp3) is 0.647. The highest BCUT2D eigenvalue weighted by molar-refractivity contribution is 5.27. The second-order valence-electron chi connectivity index (χ2n) is 5.16. The summed E-state index contributed by atoms with van der Waals surface area (Å²) in [6, 6.07) is 8.05. The molecule has 0 atom stereocenters. The Morgan fingerprint density at radius 1 is 1.00 bits per heavy atom. The molecular weight excluding hydrogens is 250 g/mol. The Balaban J connectivity index is 2.04. The lowest BCUT2D eigenvalue weighted by atomic mass is 10.1. The fourth-order valence-corrected chi connectivity index (χ4v) is 2.13. The first-order valence-electron chi connectivity index (χ1n) is 7.90. The number of hydrogen-bond donors (Lipinski definition) is 2. The van der Waals surface area contributed by atoms with Gasteiger partial charge in [0.2, 0.25) is 0 Å². The Hall–Kier alpha value is -1.06. The SMILES string of the molecule is CCCCCCCCNCc1ccc(OCCO)cc1. The molecule has 1 aromatic carbocycles. The maximum atomic E-state index is 8.68. The van der Waals surface area contributed by atoms with E-state index in [-0.39, 0.29) is 6.61 Å². The first-order valence-corrected chi connectivity index (χ1v) is 7.90. The molecule has 0 aliphatic rings. The summed E-state index contributed by atoms with van der Waals surface area (Å²) in [7, 11) is 0. The van der Waals surface area contributed by atoms with Crippen molar-refractivity contribution in [3.63, 3.8) is 0 Å². The first-order chi connectivity index (χ1) is 9.86. The summed E-state index contributed by atoms with van der Waals surface area (Å²) in [6.07, 6.45) is 8.04. The van der Waals surface area contributed by atoms with E-state index in [1.807, 2.05) is 12.1 Å². The third kappa shape index (κ3) is 8.18. The molecule has 0 saturated carbocycles. The Kier molecular flexibility index (Phi) is 9.98. The quantitative estimate of drug-likeness (QED) is 0.575. The number of nitrogens with one attached hydrogen (secondary N) is 1. The maximum Gasteiger partial charge on any atom is 0.119 e. The van der Waals surface area contributed by atoms with Gasteiger partial charge < -0.3 is 15.2 Å². The molecule has 0 radical (unpaired) electrons. The molecule has 1 rings (SSSR count). The van der Waals surface area contributed by atoms with Gasteiger partial charge in [0.05, 0.1) is 6.61 Å². The summed E-state index contributed by atoms with van der Waals surface area (Å²) in [5.74, 6) is 0.818. The lowest BCUT2D eigenvalue weighted by Crippen LogP contribution is -2.14. The van der Waals surface area contributed by atoms with Gasteiger partial charge in [0, 0.05) is 6.54 Å². The van der Waals surface area contributed by atoms with Gasteiger partial charge in [0.1, 0.15) is 12.4 Å².